The molecule has 0 saturated heterocycles. The lowest BCUT2D eigenvalue weighted by molar-refractivity contribution is 0.0755. The summed E-state index contributed by atoms with van der Waals surface area (Å²) < 4.78 is 5.26. The van der Waals surface area contributed by atoms with Gasteiger partial charge in [0.15, 0.2) is 0 Å². The van der Waals surface area contributed by atoms with Gasteiger partial charge in [0, 0.05) is 61.7 Å². The summed E-state index contributed by atoms with van der Waals surface area (Å²) in [5.41, 5.74) is 6.87. The summed E-state index contributed by atoms with van der Waals surface area (Å²) in [6, 6.07) is 11.1. The van der Waals surface area contributed by atoms with Crippen LogP contribution < -0.4 is 21.1 Å². The second kappa shape index (κ2) is 15.5. The number of methoxy groups -OCH3 is 1. The van der Waals surface area contributed by atoms with Crippen LogP contribution in [0.4, 0.5) is 0 Å². The number of hydrogen-bond acceptors (Lipinski definition) is 7. The second-order valence-electron chi connectivity index (χ2n) is 9.83. The van der Waals surface area contributed by atoms with E-state index >= 15 is 0 Å². The molecule has 6 N–H and O–H groups in total. The minimum atomic E-state index is -0.986. The first kappa shape index (κ1) is 31.3. The quantitative estimate of drug-likeness (QED) is 0.178. The van der Waals surface area contributed by atoms with E-state index in [4.69, 9.17) is 10.5 Å². The van der Waals surface area contributed by atoms with Gasteiger partial charge in [0.1, 0.15) is 11.6 Å². The maximum atomic E-state index is 13.5. The summed E-state index contributed by atoms with van der Waals surface area (Å²) in [7, 11) is 1.60. The van der Waals surface area contributed by atoms with Crippen molar-refractivity contribution >= 4 is 17.7 Å². The Morgan fingerprint density at radius 1 is 1.07 bits per heavy atom. The fourth-order valence-corrected chi connectivity index (χ4v) is 4.50. The zero-order valence-corrected chi connectivity index (χ0v) is 23.9. The summed E-state index contributed by atoms with van der Waals surface area (Å²) in [6.07, 6.45) is 4.03. The molecular formula is C30H40N6O5. The maximum absolute atomic E-state index is 13.5. The van der Waals surface area contributed by atoms with Gasteiger partial charge in [0.25, 0.3) is 11.8 Å². The smallest absolute Gasteiger partial charge is 0.253 e. The number of carbonyl (C=O) groups is 3. The van der Waals surface area contributed by atoms with Gasteiger partial charge in [-0.3, -0.25) is 14.4 Å². The lowest BCUT2D eigenvalue weighted by Crippen LogP contribution is -2.49. The highest BCUT2D eigenvalue weighted by molar-refractivity contribution is 6.04. The molecule has 11 nitrogen and oxygen atoms in total. The van der Waals surface area contributed by atoms with Crippen LogP contribution in [0.15, 0.2) is 54.9 Å². The molecule has 0 bridgehead atoms. The first-order chi connectivity index (χ1) is 19.7. The topological polar surface area (TPSA) is 163 Å². The van der Waals surface area contributed by atoms with E-state index in [1.165, 1.54) is 18.2 Å². The Hall–Kier alpha value is -4.22. The van der Waals surface area contributed by atoms with Crippen LogP contribution >= 0.6 is 0 Å². The molecule has 0 aliphatic rings. The van der Waals surface area contributed by atoms with E-state index in [1.54, 1.807) is 24.4 Å². The van der Waals surface area contributed by atoms with Crippen molar-refractivity contribution in [3.63, 3.8) is 0 Å². The highest BCUT2D eigenvalue weighted by atomic mass is 16.5. The van der Waals surface area contributed by atoms with Crippen molar-refractivity contribution in [2.75, 3.05) is 26.7 Å². The van der Waals surface area contributed by atoms with Gasteiger partial charge < -0.3 is 36.1 Å². The number of imidazole rings is 1. The number of nitrogens with zero attached hydrogens (tertiary/aromatic N) is 2. The van der Waals surface area contributed by atoms with Gasteiger partial charge >= 0.3 is 0 Å². The molecule has 0 fully saturated rings. The van der Waals surface area contributed by atoms with Crippen molar-refractivity contribution in [2.24, 2.45) is 5.73 Å². The highest BCUT2D eigenvalue weighted by Gasteiger charge is 2.25. The number of amides is 3. The van der Waals surface area contributed by atoms with Crippen LogP contribution in [0.1, 0.15) is 69.2 Å². The predicted octanol–water partition coefficient (Wildman–Crippen LogP) is 2.27. The molecule has 3 rings (SSSR count). The minimum absolute atomic E-state index is 0.0528. The summed E-state index contributed by atoms with van der Waals surface area (Å²) in [6.45, 7) is 5.71. The molecule has 0 aliphatic heterocycles. The van der Waals surface area contributed by atoms with Crippen LogP contribution in [0.2, 0.25) is 0 Å². The van der Waals surface area contributed by atoms with E-state index in [9.17, 15) is 19.5 Å². The van der Waals surface area contributed by atoms with Crippen LogP contribution in [0.25, 0.3) is 0 Å². The number of rotatable bonds is 16. The molecule has 0 aliphatic carbocycles. The van der Waals surface area contributed by atoms with Crippen LogP contribution in [0, 0.1) is 0 Å². The Bertz CT molecular complexity index is 1290. The second-order valence-corrected chi connectivity index (χ2v) is 9.83. The van der Waals surface area contributed by atoms with Crippen LogP contribution in [0.3, 0.4) is 0 Å². The van der Waals surface area contributed by atoms with Crippen molar-refractivity contribution < 1.29 is 24.2 Å². The van der Waals surface area contributed by atoms with Crippen LogP contribution in [-0.2, 0) is 13.0 Å². The number of ether oxygens (including phenoxy) is 1. The Morgan fingerprint density at radius 3 is 2.41 bits per heavy atom. The van der Waals surface area contributed by atoms with Crippen molar-refractivity contribution in [2.45, 2.75) is 51.8 Å². The summed E-state index contributed by atoms with van der Waals surface area (Å²) in [5.74, 6) is -0.266. The number of aromatic nitrogens is 2. The zero-order chi connectivity index (χ0) is 29.8. The third-order valence-corrected chi connectivity index (χ3v) is 6.57. The fourth-order valence-electron chi connectivity index (χ4n) is 4.50. The number of aromatic amines is 1. The molecule has 0 unspecified atom stereocenters. The van der Waals surface area contributed by atoms with Crippen molar-refractivity contribution in [3.8, 4) is 5.75 Å². The highest BCUT2D eigenvalue weighted by Crippen LogP contribution is 2.16. The Balaban J connectivity index is 1.79. The zero-order valence-electron chi connectivity index (χ0n) is 23.9. The molecule has 0 saturated carbocycles. The van der Waals surface area contributed by atoms with Crippen LogP contribution in [0.5, 0.6) is 5.75 Å². The van der Waals surface area contributed by atoms with Gasteiger partial charge in [-0.1, -0.05) is 26.0 Å². The first-order valence-electron chi connectivity index (χ1n) is 13.8. The van der Waals surface area contributed by atoms with E-state index in [0.717, 1.165) is 24.2 Å². The number of hydrogen-bond donors (Lipinski definition) is 5. The van der Waals surface area contributed by atoms with E-state index in [-0.39, 0.29) is 35.6 Å². The molecule has 0 radical (unpaired) electrons. The summed E-state index contributed by atoms with van der Waals surface area (Å²) in [4.78, 5) is 47.7. The normalized spacial score (nSPS) is 12.4. The molecule has 2 aromatic carbocycles. The van der Waals surface area contributed by atoms with Gasteiger partial charge in [-0.2, -0.15) is 0 Å². The monoisotopic (exact) mass is 564 g/mol. The number of nitrogens with two attached hydrogens (primary N) is 1. The van der Waals surface area contributed by atoms with Crippen molar-refractivity contribution in [1.29, 1.82) is 0 Å². The van der Waals surface area contributed by atoms with E-state index < -0.39 is 24.0 Å². The average Bonchev–Trinajstić information content (AvgIpc) is 3.49. The lowest BCUT2D eigenvalue weighted by atomic mass is 10.0. The number of nitrogens with one attached hydrogen (secondary N) is 3. The van der Waals surface area contributed by atoms with E-state index in [0.29, 0.717) is 25.5 Å². The number of benzene rings is 2. The molecular weight excluding hydrogens is 524 g/mol. The maximum Gasteiger partial charge on any atom is 0.253 e. The first-order valence-corrected chi connectivity index (χ1v) is 13.8. The Morgan fingerprint density at radius 2 is 1.78 bits per heavy atom. The molecule has 3 amide bonds. The van der Waals surface area contributed by atoms with Gasteiger partial charge in [-0.15, -0.1) is 0 Å². The number of aliphatic hydroxyl groups excluding tert-OH is 1. The van der Waals surface area contributed by atoms with E-state index in [1.807, 2.05) is 38.1 Å². The molecule has 1 heterocycles. The van der Waals surface area contributed by atoms with Gasteiger partial charge in [0.2, 0.25) is 5.91 Å². The molecule has 1 aromatic heterocycles. The van der Waals surface area contributed by atoms with Gasteiger partial charge in [-0.25, -0.2) is 4.98 Å². The molecule has 220 valence electrons. The molecule has 0 spiro atoms. The van der Waals surface area contributed by atoms with Crippen molar-refractivity contribution in [1.82, 2.24) is 25.5 Å². The largest absolute Gasteiger partial charge is 0.497 e. The fraction of sp³-hybridized carbons (Fsp3) is 0.400. The molecule has 41 heavy (non-hydrogen) atoms. The van der Waals surface area contributed by atoms with Gasteiger partial charge in [-0.05, 0) is 48.7 Å². The summed E-state index contributed by atoms with van der Waals surface area (Å²) >= 11 is 0. The third-order valence-electron chi connectivity index (χ3n) is 6.57. The number of primary amides is 1. The van der Waals surface area contributed by atoms with E-state index in [2.05, 4.69) is 20.6 Å². The number of H-pyrrole nitrogens is 1. The Kier molecular flexibility index (Phi) is 11.9. The Labute approximate surface area is 240 Å². The molecule has 11 heteroatoms. The SMILES string of the molecule is CCCN(CCC)C(=O)c1cc(C(N)=O)cc(C(=O)N[C@@H](Cc2ncc[nH]2)[C@H](O)CNCc2cccc(OC)c2)c1. The number of carbonyl (C=O) groups excluding carboxylic acids is 3. The van der Waals surface area contributed by atoms with Gasteiger partial charge in [0.05, 0.1) is 19.3 Å². The third kappa shape index (κ3) is 9.16. The minimum Gasteiger partial charge on any atom is -0.497 e. The molecule has 2 atom stereocenters. The standard InChI is InChI=1S/C30H40N6O5/c1-4-11-36(12-5-2)30(40)23-15-21(28(31)38)14-22(16-23)29(39)35-25(17-27-33-9-10-34-27)26(37)19-32-18-20-7-6-8-24(13-20)41-3/h6-10,13-16,25-26,32,37H,4-5,11-12,17-19H2,1-3H3,(H2,31,38)(H,33,34)(H,35,39)/t25-,26+/m0/s1. The average molecular weight is 565 g/mol. The van der Waals surface area contributed by atoms with Crippen LogP contribution in [-0.4, -0.2) is 76.6 Å². The molecule has 3 aromatic rings. The predicted molar refractivity (Wildman–Crippen MR) is 156 cm³/mol. The van der Waals surface area contributed by atoms with Crippen molar-refractivity contribution in [3.05, 3.63) is 82.9 Å². The number of aliphatic hydroxyl groups is 1. The summed E-state index contributed by atoms with van der Waals surface area (Å²) in [5, 5.41) is 17.2. The lowest BCUT2D eigenvalue weighted by Gasteiger charge is -2.25.